The van der Waals surface area contributed by atoms with Crippen molar-refractivity contribution in [3.8, 4) is 0 Å². The second-order valence-corrected chi connectivity index (χ2v) is 4.33. The highest BCUT2D eigenvalue weighted by Gasteiger charge is 2.12. The predicted molar refractivity (Wildman–Crippen MR) is 65.3 cm³/mol. The van der Waals surface area contributed by atoms with Gasteiger partial charge in [-0.15, -0.1) is 0 Å². The fourth-order valence-corrected chi connectivity index (χ4v) is 2.27. The van der Waals surface area contributed by atoms with Crippen LogP contribution in [0.25, 0.3) is 0 Å². The molecule has 0 aliphatic heterocycles. The first kappa shape index (κ1) is 11.4. The van der Waals surface area contributed by atoms with Gasteiger partial charge < -0.3 is 4.42 Å². The highest BCUT2D eigenvalue weighted by atomic mass is 79.9. The zero-order valence-corrected chi connectivity index (χ0v) is 10.3. The van der Waals surface area contributed by atoms with E-state index in [1.54, 1.807) is 6.26 Å². The van der Waals surface area contributed by atoms with E-state index < -0.39 is 0 Å². The van der Waals surface area contributed by atoms with Gasteiger partial charge in [-0.05, 0) is 29.8 Å². The number of furan rings is 1. The number of hydrogen-bond donors (Lipinski definition) is 0. The van der Waals surface area contributed by atoms with Gasteiger partial charge in [0.25, 0.3) is 0 Å². The van der Waals surface area contributed by atoms with E-state index in [-0.39, 0.29) is 5.82 Å². The Balaban J connectivity index is 2.13. The first-order valence-electron chi connectivity index (χ1n) is 5.13. The van der Waals surface area contributed by atoms with Crippen LogP contribution in [-0.4, -0.2) is 5.33 Å². The summed E-state index contributed by atoms with van der Waals surface area (Å²) in [5, 5.41) is 0.833. The summed E-state index contributed by atoms with van der Waals surface area (Å²) >= 11 is 3.48. The van der Waals surface area contributed by atoms with Gasteiger partial charge in [0.15, 0.2) is 0 Å². The number of halogens is 2. The molecule has 0 radical (unpaired) electrons. The van der Waals surface area contributed by atoms with Crippen molar-refractivity contribution in [3.05, 3.63) is 59.8 Å². The minimum Gasteiger partial charge on any atom is -0.469 e. The number of benzene rings is 1. The third-order valence-electron chi connectivity index (χ3n) is 2.56. The summed E-state index contributed by atoms with van der Waals surface area (Å²) in [4.78, 5) is 0. The summed E-state index contributed by atoms with van der Waals surface area (Å²) in [5.74, 6) is 1.07. The molecule has 0 aliphatic rings. The summed E-state index contributed by atoms with van der Waals surface area (Å²) < 4.78 is 18.1. The minimum atomic E-state index is -0.199. The molecule has 0 spiro atoms. The molecular weight excluding hydrogens is 271 g/mol. The molecule has 2 aromatic rings. The fourth-order valence-electron chi connectivity index (χ4n) is 1.67. The maximum absolute atomic E-state index is 12.8. The zero-order valence-electron chi connectivity index (χ0n) is 8.70. The minimum absolute atomic E-state index is 0.199. The lowest BCUT2D eigenvalue weighted by atomic mass is 9.97. The van der Waals surface area contributed by atoms with Gasteiger partial charge in [0.1, 0.15) is 11.6 Å². The van der Waals surface area contributed by atoms with Crippen molar-refractivity contribution in [1.29, 1.82) is 0 Å². The molecule has 1 aromatic carbocycles. The molecule has 0 aliphatic carbocycles. The SMILES string of the molecule is Fc1ccc(C(CBr)Cc2ccco2)cc1. The first-order valence-corrected chi connectivity index (χ1v) is 6.25. The summed E-state index contributed by atoms with van der Waals surface area (Å²) in [6.07, 6.45) is 2.50. The number of rotatable bonds is 4. The van der Waals surface area contributed by atoms with Crippen LogP contribution in [-0.2, 0) is 6.42 Å². The summed E-state index contributed by atoms with van der Waals surface area (Å²) in [7, 11) is 0. The fraction of sp³-hybridized carbons (Fsp3) is 0.231. The van der Waals surface area contributed by atoms with Crippen LogP contribution in [0.3, 0.4) is 0 Å². The monoisotopic (exact) mass is 282 g/mol. The Bertz CT molecular complexity index is 422. The molecule has 1 nitrogen and oxygen atoms in total. The molecule has 0 amide bonds. The van der Waals surface area contributed by atoms with E-state index in [1.807, 2.05) is 24.3 Å². The Kier molecular flexibility index (Phi) is 3.78. The maximum Gasteiger partial charge on any atom is 0.123 e. The van der Waals surface area contributed by atoms with Gasteiger partial charge in [-0.2, -0.15) is 0 Å². The second kappa shape index (κ2) is 5.30. The molecule has 16 heavy (non-hydrogen) atoms. The Morgan fingerprint density at radius 2 is 1.94 bits per heavy atom. The lowest BCUT2D eigenvalue weighted by Crippen LogP contribution is -2.03. The molecule has 0 bridgehead atoms. The van der Waals surface area contributed by atoms with E-state index in [9.17, 15) is 4.39 Å². The topological polar surface area (TPSA) is 13.1 Å². The third kappa shape index (κ3) is 2.73. The average molecular weight is 283 g/mol. The van der Waals surface area contributed by atoms with E-state index in [1.165, 1.54) is 12.1 Å². The molecule has 0 fully saturated rings. The molecule has 84 valence electrons. The van der Waals surface area contributed by atoms with Gasteiger partial charge in [-0.3, -0.25) is 0 Å². The van der Waals surface area contributed by atoms with Crippen LogP contribution in [0.4, 0.5) is 4.39 Å². The van der Waals surface area contributed by atoms with Crippen molar-refractivity contribution in [2.75, 3.05) is 5.33 Å². The molecule has 0 saturated heterocycles. The summed E-state index contributed by atoms with van der Waals surface area (Å²) in [6, 6.07) is 10.5. The molecule has 3 heteroatoms. The van der Waals surface area contributed by atoms with Crippen molar-refractivity contribution >= 4 is 15.9 Å². The maximum atomic E-state index is 12.8. The quantitative estimate of drug-likeness (QED) is 0.769. The molecule has 0 N–H and O–H groups in total. The standard InChI is InChI=1S/C13H12BrFO/c14-9-11(8-13-2-1-7-16-13)10-3-5-12(15)6-4-10/h1-7,11H,8-9H2. The smallest absolute Gasteiger partial charge is 0.123 e. The molecule has 1 aromatic heterocycles. The molecule has 2 rings (SSSR count). The number of hydrogen-bond acceptors (Lipinski definition) is 1. The van der Waals surface area contributed by atoms with Gasteiger partial charge in [-0.1, -0.05) is 28.1 Å². The van der Waals surface area contributed by atoms with Gasteiger partial charge >= 0.3 is 0 Å². The lowest BCUT2D eigenvalue weighted by Gasteiger charge is -2.12. The Morgan fingerprint density at radius 1 is 1.19 bits per heavy atom. The average Bonchev–Trinajstić information content (AvgIpc) is 2.80. The number of alkyl halides is 1. The van der Waals surface area contributed by atoms with Crippen molar-refractivity contribution in [2.24, 2.45) is 0 Å². The van der Waals surface area contributed by atoms with Crippen LogP contribution in [0.1, 0.15) is 17.2 Å². The Hall–Kier alpha value is -1.09. The Labute approximate surface area is 102 Å². The van der Waals surface area contributed by atoms with Crippen LogP contribution in [0.5, 0.6) is 0 Å². The van der Waals surface area contributed by atoms with Crippen molar-refractivity contribution in [3.63, 3.8) is 0 Å². The van der Waals surface area contributed by atoms with E-state index in [0.29, 0.717) is 5.92 Å². The van der Waals surface area contributed by atoms with Gasteiger partial charge in [0, 0.05) is 17.7 Å². The molecule has 0 saturated carbocycles. The third-order valence-corrected chi connectivity index (χ3v) is 3.34. The molecule has 1 atom stereocenters. The van der Waals surface area contributed by atoms with Crippen molar-refractivity contribution < 1.29 is 8.81 Å². The van der Waals surface area contributed by atoms with Crippen molar-refractivity contribution in [1.82, 2.24) is 0 Å². The first-order chi connectivity index (χ1) is 7.79. The van der Waals surface area contributed by atoms with Gasteiger partial charge in [0.05, 0.1) is 6.26 Å². The highest BCUT2D eigenvalue weighted by molar-refractivity contribution is 9.09. The van der Waals surface area contributed by atoms with Gasteiger partial charge in [0.2, 0.25) is 0 Å². The van der Waals surface area contributed by atoms with Crippen LogP contribution in [0.2, 0.25) is 0 Å². The van der Waals surface area contributed by atoms with Crippen LogP contribution < -0.4 is 0 Å². The summed E-state index contributed by atoms with van der Waals surface area (Å²) in [5.41, 5.74) is 1.12. The highest BCUT2D eigenvalue weighted by Crippen LogP contribution is 2.23. The van der Waals surface area contributed by atoms with Crippen LogP contribution in [0.15, 0.2) is 47.1 Å². The Morgan fingerprint density at radius 3 is 2.50 bits per heavy atom. The van der Waals surface area contributed by atoms with Crippen molar-refractivity contribution in [2.45, 2.75) is 12.3 Å². The predicted octanol–water partition coefficient (Wildman–Crippen LogP) is 4.14. The normalized spacial score (nSPS) is 12.6. The zero-order chi connectivity index (χ0) is 11.4. The van der Waals surface area contributed by atoms with Crippen LogP contribution >= 0.6 is 15.9 Å². The van der Waals surface area contributed by atoms with E-state index in [2.05, 4.69) is 15.9 Å². The van der Waals surface area contributed by atoms with Crippen LogP contribution in [0, 0.1) is 5.82 Å². The summed E-state index contributed by atoms with van der Waals surface area (Å²) in [6.45, 7) is 0. The second-order valence-electron chi connectivity index (χ2n) is 3.69. The molecular formula is C13H12BrFO. The largest absolute Gasteiger partial charge is 0.469 e. The molecule has 1 unspecified atom stereocenters. The van der Waals surface area contributed by atoms with Gasteiger partial charge in [-0.25, -0.2) is 4.39 Å². The van der Waals surface area contributed by atoms with E-state index in [4.69, 9.17) is 4.42 Å². The lowest BCUT2D eigenvalue weighted by molar-refractivity contribution is 0.494. The van der Waals surface area contributed by atoms with E-state index >= 15 is 0 Å². The molecule has 1 heterocycles. The van der Waals surface area contributed by atoms with E-state index in [0.717, 1.165) is 23.1 Å².